The van der Waals surface area contributed by atoms with E-state index in [4.69, 9.17) is 9.47 Å². The first-order valence-electron chi connectivity index (χ1n) is 7.58. The first kappa shape index (κ1) is 15.7. The van der Waals surface area contributed by atoms with E-state index in [2.05, 4.69) is 0 Å². The second-order valence-electron chi connectivity index (χ2n) is 5.71. The van der Waals surface area contributed by atoms with E-state index in [1.165, 1.54) is 19.3 Å². The lowest BCUT2D eigenvalue weighted by molar-refractivity contribution is 0.0695. The molecule has 0 heterocycles. The molecule has 0 N–H and O–H groups in total. The lowest BCUT2D eigenvalue weighted by Crippen LogP contribution is -2.38. The monoisotopic (exact) mass is 291 g/mol. The number of benzene rings is 1. The molecule has 0 atom stereocenters. The number of ether oxygens (including phenoxy) is 2. The molecular formula is C17H25NO3. The lowest BCUT2D eigenvalue weighted by Gasteiger charge is -2.31. The van der Waals surface area contributed by atoms with Crippen LogP contribution in [0.4, 0.5) is 0 Å². The van der Waals surface area contributed by atoms with E-state index >= 15 is 0 Å². The van der Waals surface area contributed by atoms with E-state index in [-0.39, 0.29) is 5.91 Å². The SMILES string of the molecule is COc1cc(C(=O)N(C)C2CCCCC2)cc(OC)c1C. The number of hydrogen-bond donors (Lipinski definition) is 0. The molecule has 1 aromatic carbocycles. The second-order valence-corrected chi connectivity index (χ2v) is 5.71. The van der Waals surface area contributed by atoms with E-state index < -0.39 is 0 Å². The van der Waals surface area contributed by atoms with Crippen LogP contribution in [0.3, 0.4) is 0 Å². The Morgan fingerprint density at radius 2 is 1.62 bits per heavy atom. The zero-order valence-electron chi connectivity index (χ0n) is 13.4. The summed E-state index contributed by atoms with van der Waals surface area (Å²) in [5, 5.41) is 0. The Morgan fingerprint density at radius 3 is 2.10 bits per heavy atom. The average Bonchev–Trinajstić information content (AvgIpc) is 2.54. The zero-order chi connectivity index (χ0) is 15.4. The van der Waals surface area contributed by atoms with E-state index in [9.17, 15) is 4.79 Å². The van der Waals surface area contributed by atoms with Gasteiger partial charge in [0.15, 0.2) is 0 Å². The Kier molecular flexibility index (Phi) is 5.10. The van der Waals surface area contributed by atoms with Gasteiger partial charge in [0.05, 0.1) is 14.2 Å². The molecule has 4 heteroatoms. The third-order valence-corrected chi connectivity index (χ3v) is 4.44. The predicted molar refractivity (Wildman–Crippen MR) is 83.2 cm³/mol. The highest BCUT2D eigenvalue weighted by Gasteiger charge is 2.24. The van der Waals surface area contributed by atoms with E-state index in [1.807, 2.05) is 18.9 Å². The van der Waals surface area contributed by atoms with Gasteiger partial charge in [0, 0.05) is 24.2 Å². The Bertz CT molecular complexity index is 482. The molecule has 0 aliphatic heterocycles. The van der Waals surface area contributed by atoms with Gasteiger partial charge in [-0.2, -0.15) is 0 Å². The molecule has 21 heavy (non-hydrogen) atoms. The fourth-order valence-corrected chi connectivity index (χ4v) is 3.05. The molecule has 1 aliphatic carbocycles. The summed E-state index contributed by atoms with van der Waals surface area (Å²) < 4.78 is 10.7. The molecule has 2 rings (SSSR count). The van der Waals surface area contributed by atoms with Gasteiger partial charge in [-0.05, 0) is 31.9 Å². The minimum absolute atomic E-state index is 0.0403. The number of carbonyl (C=O) groups is 1. The van der Waals surface area contributed by atoms with Crippen LogP contribution < -0.4 is 9.47 Å². The summed E-state index contributed by atoms with van der Waals surface area (Å²) in [6, 6.07) is 3.96. The standard InChI is InChI=1S/C17H25NO3/c1-12-15(20-3)10-13(11-16(12)21-4)17(19)18(2)14-8-6-5-7-9-14/h10-11,14H,5-9H2,1-4H3. The van der Waals surface area contributed by atoms with Crippen molar-refractivity contribution in [3.05, 3.63) is 23.3 Å². The molecular weight excluding hydrogens is 266 g/mol. The van der Waals surface area contributed by atoms with Crippen molar-refractivity contribution >= 4 is 5.91 Å². The van der Waals surface area contributed by atoms with Crippen molar-refractivity contribution < 1.29 is 14.3 Å². The van der Waals surface area contributed by atoms with Gasteiger partial charge in [0.1, 0.15) is 11.5 Å². The van der Waals surface area contributed by atoms with Crippen molar-refractivity contribution in [2.45, 2.75) is 45.1 Å². The number of hydrogen-bond acceptors (Lipinski definition) is 3. The molecule has 1 amide bonds. The Balaban J connectivity index is 2.25. The molecule has 0 aromatic heterocycles. The van der Waals surface area contributed by atoms with Gasteiger partial charge >= 0.3 is 0 Å². The van der Waals surface area contributed by atoms with Crippen LogP contribution in [0.25, 0.3) is 0 Å². The van der Waals surface area contributed by atoms with Crippen LogP contribution in [0.2, 0.25) is 0 Å². The van der Waals surface area contributed by atoms with Crippen LogP contribution in [0, 0.1) is 6.92 Å². The van der Waals surface area contributed by atoms with Crippen LogP contribution in [-0.2, 0) is 0 Å². The van der Waals surface area contributed by atoms with Crippen LogP contribution >= 0.6 is 0 Å². The molecule has 1 fully saturated rings. The maximum atomic E-state index is 12.7. The molecule has 0 radical (unpaired) electrons. The quantitative estimate of drug-likeness (QED) is 0.853. The van der Waals surface area contributed by atoms with Crippen molar-refractivity contribution in [1.82, 2.24) is 4.90 Å². The molecule has 116 valence electrons. The fourth-order valence-electron chi connectivity index (χ4n) is 3.05. The molecule has 4 nitrogen and oxygen atoms in total. The highest BCUT2D eigenvalue weighted by atomic mass is 16.5. The molecule has 0 bridgehead atoms. The third-order valence-electron chi connectivity index (χ3n) is 4.44. The number of nitrogens with zero attached hydrogens (tertiary/aromatic N) is 1. The summed E-state index contributed by atoms with van der Waals surface area (Å²) in [5.41, 5.74) is 1.54. The van der Waals surface area contributed by atoms with Crippen molar-refractivity contribution in [1.29, 1.82) is 0 Å². The van der Waals surface area contributed by atoms with E-state index in [1.54, 1.807) is 26.4 Å². The van der Waals surface area contributed by atoms with E-state index in [0.717, 1.165) is 18.4 Å². The minimum Gasteiger partial charge on any atom is -0.496 e. The number of amides is 1. The summed E-state index contributed by atoms with van der Waals surface area (Å²) in [5.74, 6) is 1.42. The van der Waals surface area contributed by atoms with Crippen molar-refractivity contribution in [3.63, 3.8) is 0 Å². The number of carbonyl (C=O) groups excluding carboxylic acids is 1. The first-order valence-corrected chi connectivity index (χ1v) is 7.58. The third kappa shape index (κ3) is 3.31. The normalized spacial score (nSPS) is 15.6. The number of methoxy groups -OCH3 is 2. The van der Waals surface area contributed by atoms with Gasteiger partial charge < -0.3 is 14.4 Å². The molecule has 1 aromatic rings. The summed E-state index contributed by atoms with van der Waals surface area (Å²) >= 11 is 0. The van der Waals surface area contributed by atoms with Crippen molar-refractivity contribution in [3.8, 4) is 11.5 Å². The van der Waals surface area contributed by atoms with Crippen LogP contribution in [0.15, 0.2) is 12.1 Å². The van der Waals surface area contributed by atoms with Gasteiger partial charge in [0.2, 0.25) is 0 Å². The second kappa shape index (κ2) is 6.83. The first-order chi connectivity index (χ1) is 10.1. The van der Waals surface area contributed by atoms with E-state index in [0.29, 0.717) is 23.1 Å². The topological polar surface area (TPSA) is 38.8 Å². The molecule has 1 aliphatic rings. The molecule has 0 unspecified atom stereocenters. The Labute approximate surface area is 127 Å². The van der Waals surface area contributed by atoms with Crippen molar-refractivity contribution in [2.24, 2.45) is 0 Å². The molecule has 0 spiro atoms. The van der Waals surface area contributed by atoms with Crippen LogP contribution in [-0.4, -0.2) is 38.1 Å². The highest BCUT2D eigenvalue weighted by molar-refractivity contribution is 5.95. The minimum atomic E-state index is 0.0403. The predicted octanol–water partition coefficient (Wildman–Crippen LogP) is 3.42. The maximum Gasteiger partial charge on any atom is 0.254 e. The van der Waals surface area contributed by atoms with Gasteiger partial charge in [-0.15, -0.1) is 0 Å². The van der Waals surface area contributed by atoms with Crippen LogP contribution in [0.5, 0.6) is 11.5 Å². The Morgan fingerprint density at radius 1 is 1.10 bits per heavy atom. The lowest BCUT2D eigenvalue weighted by atomic mass is 9.94. The zero-order valence-corrected chi connectivity index (χ0v) is 13.4. The van der Waals surface area contributed by atoms with Gasteiger partial charge in [-0.3, -0.25) is 4.79 Å². The summed E-state index contributed by atoms with van der Waals surface area (Å²) in [4.78, 5) is 14.6. The highest BCUT2D eigenvalue weighted by Crippen LogP contribution is 2.31. The van der Waals surface area contributed by atoms with Crippen LogP contribution in [0.1, 0.15) is 48.0 Å². The summed E-state index contributed by atoms with van der Waals surface area (Å²) in [6.45, 7) is 1.93. The average molecular weight is 291 g/mol. The molecule has 1 saturated carbocycles. The van der Waals surface area contributed by atoms with Gasteiger partial charge in [0.25, 0.3) is 5.91 Å². The maximum absolute atomic E-state index is 12.7. The van der Waals surface area contributed by atoms with Gasteiger partial charge in [-0.1, -0.05) is 19.3 Å². The van der Waals surface area contributed by atoms with Gasteiger partial charge in [-0.25, -0.2) is 0 Å². The van der Waals surface area contributed by atoms with Crippen molar-refractivity contribution in [2.75, 3.05) is 21.3 Å². The summed E-state index contributed by atoms with van der Waals surface area (Å²) in [6.07, 6.45) is 5.90. The largest absolute Gasteiger partial charge is 0.496 e. The summed E-state index contributed by atoms with van der Waals surface area (Å²) in [7, 11) is 5.12. The number of rotatable bonds is 4. The molecule has 0 saturated heterocycles. The fraction of sp³-hybridized carbons (Fsp3) is 0.588. The Hall–Kier alpha value is -1.71. The smallest absolute Gasteiger partial charge is 0.254 e.